The predicted octanol–water partition coefficient (Wildman–Crippen LogP) is 3.59. The zero-order valence-electron chi connectivity index (χ0n) is 15.7. The SMILES string of the molecule is CCN(C(=O)CN1C(=O)C(C)(C)Nc2ccccc21)c1cccc(C)c1. The third-order valence-corrected chi connectivity index (χ3v) is 4.65. The normalized spacial score (nSPS) is 15.2. The second-order valence-electron chi connectivity index (χ2n) is 7.14. The lowest BCUT2D eigenvalue weighted by molar-refractivity contribution is -0.125. The molecule has 1 heterocycles. The van der Waals surface area contributed by atoms with Gasteiger partial charge in [0, 0.05) is 12.2 Å². The van der Waals surface area contributed by atoms with E-state index in [-0.39, 0.29) is 18.4 Å². The highest BCUT2D eigenvalue weighted by Crippen LogP contribution is 2.35. The quantitative estimate of drug-likeness (QED) is 0.916. The molecule has 0 radical (unpaired) electrons. The average Bonchev–Trinajstić information content (AvgIpc) is 2.59. The van der Waals surface area contributed by atoms with Crippen LogP contribution in [0.1, 0.15) is 26.3 Å². The van der Waals surface area contributed by atoms with Gasteiger partial charge in [0.05, 0.1) is 11.4 Å². The van der Waals surface area contributed by atoms with Gasteiger partial charge in [0.25, 0.3) is 5.91 Å². The van der Waals surface area contributed by atoms with Gasteiger partial charge in [-0.1, -0.05) is 24.3 Å². The molecule has 1 aliphatic heterocycles. The summed E-state index contributed by atoms with van der Waals surface area (Å²) in [5, 5.41) is 3.26. The molecule has 0 atom stereocenters. The number of para-hydroxylation sites is 2. The number of rotatable bonds is 4. The monoisotopic (exact) mass is 351 g/mol. The van der Waals surface area contributed by atoms with E-state index in [0.717, 1.165) is 22.6 Å². The van der Waals surface area contributed by atoms with Crippen molar-refractivity contribution < 1.29 is 9.59 Å². The predicted molar refractivity (Wildman–Crippen MR) is 106 cm³/mol. The van der Waals surface area contributed by atoms with Gasteiger partial charge in [-0.3, -0.25) is 14.5 Å². The fourth-order valence-electron chi connectivity index (χ4n) is 3.33. The Bertz CT molecular complexity index is 845. The highest BCUT2D eigenvalue weighted by molar-refractivity contribution is 6.11. The first-order valence-corrected chi connectivity index (χ1v) is 8.89. The smallest absolute Gasteiger partial charge is 0.252 e. The van der Waals surface area contributed by atoms with Crippen molar-refractivity contribution in [2.75, 3.05) is 28.2 Å². The number of hydrogen-bond donors (Lipinski definition) is 1. The first kappa shape index (κ1) is 18.0. The summed E-state index contributed by atoms with van der Waals surface area (Å²) in [5.74, 6) is -0.205. The molecule has 0 bridgehead atoms. The lowest BCUT2D eigenvalue weighted by atomic mass is 9.98. The Labute approximate surface area is 154 Å². The Morgan fingerprint density at radius 1 is 1.15 bits per heavy atom. The van der Waals surface area contributed by atoms with Crippen LogP contribution in [0.15, 0.2) is 48.5 Å². The molecular weight excluding hydrogens is 326 g/mol. The van der Waals surface area contributed by atoms with Gasteiger partial charge in [0.15, 0.2) is 0 Å². The van der Waals surface area contributed by atoms with Crippen molar-refractivity contribution in [3.63, 3.8) is 0 Å². The number of nitrogens with zero attached hydrogens (tertiary/aromatic N) is 2. The summed E-state index contributed by atoms with van der Waals surface area (Å²) >= 11 is 0. The fraction of sp³-hybridized carbons (Fsp3) is 0.333. The molecule has 0 saturated carbocycles. The molecule has 26 heavy (non-hydrogen) atoms. The van der Waals surface area contributed by atoms with Crippen LogP contribution in [0, 0.1) is 6.92 Å². The number of likely N-dealkylation sites (N-methyl/N-ethyl adjacent to an activating group) is 1. The minimum atomic E-state index is -0.755. The molecule has 5 heteroatoms. The molecule has 0 fully saturated rings. The summed E-state index contributed by atoms with van der Waals surface area (Å²) in [7, 11) is 0. The molecule has 2 aromatic carbocycles. The van der Waals surface area contributed by atoms with Crippen LogP contribution in [0.2, 0.25) is 0 Å². The van der Waals surface area contributed by atoms with Gasteiger partial charge >= 0.3 is 0 Å². The number of aryl methyl sites for hydroxylation is 1. The van der Waals surface area contributed by atoms with Crippen LogP contribution in [0.4, 0.5) is 17.1 Å². The zero-order valence-corrected chi connectivity index (χ0v) is 15.7. The van der Waals surface area contributed by atoms with Crippen molar-refractivity contribution in [2.45, 2.75) is 33.2 Å². The summed E-state index contributed by atoms with van der Waals surface area (Å²) in [6.07, 6.45) is 0. The first-order valence-electron chi connectivity index (χ1n) is 8.89. The van der Waals surface area contributed by atoms with Crippen molar-refractivity contribution in [2.24, 2.45) is 0 Å². The summed E-state index contributed by atoms with van der Waals surface area (Å²) in [5.41, 5.74) is 2.80. The molecule has 1 aliphatic rings. The van der Waals surface area contributed by atoms with E-state index >= 15 is 0 Å². The van der Waals surface area contributed by atoms with Crippen molar-refractivity contribution >= 4 is 28.9 Å². The molecule has 0 spiro atoms. The van der Waals surface area contributed by atoms with Crippen molar-refractivity contribution in [1.82, 2.24) is 0 Å². The van der Waals surface area contributed by atoms with Gasteiger partial charge in [-0.25, -0.2) is 0 Å². The molecule has 2 amide bonds. The third-order valence-electron chi connectivity index (χ3n) is 4.65. The Morgan fingerprint density at radius 2 is 1.88 bits per heavy atom. The second kappa shape index (κ2) is 6.83. The summed E-state index contributed by atoms with van der Waals surface area (Å²) in [6, 6.07) is 15.4. The van der Waals surface area contributed by atoms with Gasteiger partial charge in [0.2, 0.25) is 5.91 Å². The van der Waals surface area contributed by atoms with E-state index in [9.17, 15) is 9.59 Å². The maximum Gasteiger partial charge on any atom is 0.252 e. The molecule has 1 N–H and O–H groups in total. The fourth-order valence-corrected chi connectivity index (χ4v) is 3.33. The van der Waals surface area contributed by atoms with Crippen LogP contribution >= 0.6 is 0 Å². The number of carbonyl (C=O) groups is 2. The van der Waals surface area contributed by atoms with Crippen LogP contribution in [-0.4, -0.2) is 30.4 Å². The summed E-state index contributed by atoms with van der Waals surface area (Å²) in [6.45, 7) is 8.18. The van der Waals surface area contributed by atoms with Crippen LogP contribution in [0.5, 0.6) is 0 Å². The molecule has 0 aromatic heterocycles. The highest BCUT2D eigenvalue weighted by Gasteiger charge is 2.39. The van der Waals surface area contributed by atoms with Crippen LogP contribution in [-0.2, 0) is 9.59 Å². The first-order chi connectivity index (χ1) is 12.3. The molecular formula is C21H25N3O2. The molecule has 136 valence electrons. The van der Waals surface area contributed by atoms with Gasteiger partial charge in [-0.05, 0) is 57.5 Å². The summed E-state index contributed by atoms with van der Waals surface area (Å²) < 4.78 is 0. The number of amides is 2. The lowest BCUT2D eigenvalue weighted by Gasteiger charge is -2.40. The Morgan fingerprint density at radius 3 is 2.58 bits per heavy atom. The maximum atomic E-state index is 13.0. The van der Waals surface area contributed by atoms with Crippen LogP contribution < -0.4 is 15.1 Å². The molecule has 0 saturated heterocycles. The van der Waals surface area contributed by atoms with Gasteiger partial charge < -0.3 is 10.2 Å². The van der Waals surface area contributed by atoms with E-state index in [4.69, 9.17) is 0 Å². The number of hydrogen-bond acceptors (Lipinski definition) is 3. The number of carbonyl (C=O) groups excluding carboxylic acids is 2. The van der Waals surface area contributed by atoms with E-state index < -0.39 is 5.54 Å². The second-order valence-corrected chi connectivity index (χ2v) is 7.14. The minimum Gasteiger partial charge on any atom is -0.370 e. The number of anilines is 3. The van der Waals surface area contributed by atoms with Crippen LogP contribution in [0.25, 0.3) is 0 Å². The van der Waals surface area contributed by atoms with E-state index in [0.29, 0.717) is 6.54 Å². The molecule has 3 rings (SSSR count). The van der Waals surface area contributed by atoms with E-state index in [2.05, 4.69) is 5.32 Å². The Hall–Kier alpha value is -2.82. The van der Waals surface area contributed by atoms with E-state index in [1.165, 1.54) is 0 Å². The van der Waals surface area contributed by atoms with E-state index in [1.54, 1.807) is 9.80 Å². The molecule has 0 unspecified atom stereocenters. The molecule has 5 nitrogen and oxygen atoms in total. The molecule has 0 aliphatic carbocycles. The maximum absolute atomic E-state index is 13.0. The standard InChI is InChI=1S/C21H25N3O2/c1-5-23(16-10-8-9-15(2)13-16)19(25)14-24-18-12-7-6-11-17(18)22-21(3,4)20(24)26/h6-13,22H,5,14H2,1-4H3. The highest BCUT2D eigenvalue weighted by atomic mass is 16.2. The minimum absolute atomic E-state index is 0.0166. The van der Waals surface area contributed by atoms with Gasteiger partial charge in [-0.2, -0.15) is 0 Å². The van der Waals surface area contributed by atoms with Crippen molar-refractivity contribution in [3.8, 4) is 0 Å². The Kier molecular flexibility index (Phi) is 4.72. The molecule has 2 aromatic rings. The third kappa shape index (κ3) is 3.29. The van der Waals surface area contributed by atoms with Gasteiger partial charge in [-0.15, -0.1) is 0 Å². The number of nitrogens with one attached hydrogen (secondary N) is 1. The van der Waals surface area contributed by atoms with Crippen molar-refractivity contribution in [3.05, 3.63) is 54.1 Å². The number of benzene rings is 2. The summed E-state index contributed by atoms with van der Waals surface area (Å²) in [4.78, 5) is 29.3. The van der Waals surface area contributed by atoms with Gasteiger partial charge in [0.1, 0.15) is 12.1 Å². The Balaban J connectivity index is 1.91. The lowest BCUT2D eigenvalue weighted by Crippen LogP contribution is -2.56. The van der Waals surface area contributed by atoms with E-state index in [1.807, 2.05) is 76.2 Å². The van der Waals surface area contributed by atoms with Crippen molar-refractivity contribution in [1.29, 1.82) is 0 Å². The number of fused-ring (bicyclic) bond motifs is 1. The largest absolute Gasteiger partial charge is 0.370 e. The van der Waals surface area contributed by atoms with Crippen LogP contribution in [0.3, 0.4) is 0 Å². The zero-order chi connectivity index (χ0) is 18.9. The topological polar surface area (TPSA) is 52.7 Å². The average molecular weight is 351 g/mol.